The molecule has 0 saturated heterocycles. The molecule has 0 amide bonds. The maximum absolute atomic E-state index is 11.2. The third kappa shape index (κ3) is 5.43. The third-order valence-electron chi connectivity index (χ3n) is 3.51. The number of sulfonamides is 1. The number of aromatic nitrogens is 3. The quantitative estimate of drug-likeness (QED) is 0.657. The molecule has 0 radical (unpaired) electrons. The van der Waals surface area contributed by atoms with E-state index < -0.39 is 10.0 Å². The Morgan fingerprint density at radius 2 is 1.96 bits per heavy atom. The lowest BCUT2D eigenvalue weighted by atomic mass is 10.1. The summed E-state index contributed by atoms with van der Waals surface area (Å²) >= 11 is 0. The second-order valence-corrected chi connectivity index (χ2v) is 7.05. The summed E-state index contributed by atoms with van der Waals surface area (Å²) < 4.78 is 22.4. The normalized spacial score (nSPS) is 12.6. The Kier molecular flexibility index (Phi) is 6.04. The largest absolute Gasteiger partial charge is 0.366 e. The maximum Gasteiger partial charge on any atom is 0.244 e. The summed E-state index contributed by atoms with van der Waals surface area (Å²) in [6, 6.07) is 6.79. The van der Waals surface area contributed by atoms with Crippen LogP contribution in [0, 0.1) is 0 Å². The highest BCUT2D eigenvalue weighted by atomic mass is 32.2. The van der Waals surface area contributed by atoms with Crippen molar-refractivity contribution in [1.82, 2.24) is 15.2 Å². The average molecular weight is 350 g/mol. The van der Waals surface area contributed by atoms with Gasteiger partial charge in [-0.25, -0.2) is 13.6 Å². The van der Waals surface area contributed by atoms with Crippen LogP contribution in [-0.2, 0) is 16.4 Å². The fraction of sp³-hybridized carbons (Fsp3) is 0.400. The Labute approximate surface area is 142 Å². The minimum absolute atomic E-state index is 0.107. The molecule has 1 aromatic heterocycles. The molecule has 9 heteroatoms. The zero-order chi connectivity index (χ0) is 17.6. The van der Waals surface area contributed by atoms with Gasteiger partial charge in [0, 0.05) is 12.6 Å². The van der Waals surface area contributed by atoms with E-state index in [1.807, 2.05) is 0 Å². The van der Waals surface area contributed by atoms with Gasteiger partial charge in [-0.2, -0.15) is 10.1 Å². The molecule has 24 heavy (non-hydrogen) atoms. The first-order chi connectivity index (χ1) is 11.4. The first-order valence-corrected chi connectivity index (χ1v) is 9.25. The van der Waals surface area contributed by atoms with E-state index in [-0.39, 0.29) is 4.90 Å². The van der Waals surface area contributed by atoms with Crippen molar-refractivity contribution in [3.05, 3.63) is 36.0 Å². The smallest absolute Gasteiger partial charge is 0.244 e. The van der Waals surface area contributed by atoms with Gasteiger partial charge in [0.15, 0.2) is 5.82 Å². The van der Waals surface area contributed by atoms with Crippen molar-refractivity contribution < 1.29 is 8.42 Å². The fourth-order valence-corrected chi connectivity index (χ4v) is 2.48. The fourth-order valence-electron chi connectivity index (χ4n) is 1.97. The average Bonchev–Trinajstić information content (AvgIpc) is 2.55. The number of benzene rings is 1. The number of primary sulfonamides is 1. The van der Waals surface area contributed by atoms with Crippen LogP contribution in [0.1, 0.15) is 25.8 Å². The van der Waals surface area contributed by atoms with E-state index in [0.29, 0.717) is 30.8 Å². The summed E-state index contributed by atoms with van der Waals surface area (Å²) in [6.07, 6.45) is 3.27. The molecule has 0 bridgehead atoms. The summed E-state index contributed by atoms with van der Waals surface area (Å²) in [5.41, 5.74) is 0.983. The maximum atomic E-state index is 11.2. The predicted molar refractivity (Wildman–Crippen MR) is 93.2 cm³/mol. The van der Waals surface area contributed by atoms with Gasteiger partial charge in [-0.1, -0.05) is 19.1 Å². The Morgan fingerprint density at radius 3 is 2.58 bits per heavy atom. The molecule has 0 aliphatic heterocycles. The highest BCUT2D eigenvalue weighted by Gasteiger charge is 2.07. The standard InChI is InChI=1S/C15H22N6O2S/c1-3-11(2)19-14-10-18-21-15(20-14)17-9-8-12-4-6-13(7-5-12)24(16,22)23/h4-7,10-11H,3,8-9H2,1-2H3,(H2,16,22,23)(H2,17,19,20,21). The van der Waals surface area contributed by atoms with Crippen molar-refractivity contribution in [2.45, 2.75) is 37.6 Å². The molecular formula is C15H22N6O2S. The molecule has 0 fully saturated rings. The highest BCUT2D eigenvalue weighted by Crippen LogP contribution is 2.10. The van der Waals surface area contributed by atoms with Crippen molar-refractivity contribution in [2.75, 3.05) is 17.2 Å². The summed E-state index contributed by atoms with van der Waals surface area (Å²) in [4.78, 5) is 4.45. The van der Waals surface area contributed by atoms with Crippen LogP contribution in [0.2, 0.25) is 0 Å². The molecular weight excluding hydrogens is 328 g/mol. The van der Waals surface area contributed by atoms with Crippen LogP contribution in [0.5, 0.6) is 0 Å². The van der Waals surface area contributed by atoms with Crippen LogP contribution in [0.25, 0.3) is 0 Å². The number of anilines is 2. The van der Waals surface area contributed by atoms with Gasteiger partial charge < -0.3 is 10.6 Å². The van der Waals surface area contributed by atoms with Crippen molar-refractivity contribution in [3.63, 3.8) is 0 Å². The Morgan fingerprint density at radius 1 is 1.25 bits per heavy atom. The molecule has 8 nitrogen and oxygen atoms in total. The monoisotopic (exact) mass is 350 g/mol. The molecule has 2 aromatic rings. The van der Waals surface area contributed by atoms with Crippen LogP contribution >= 0.6 is 0 Å². The summed E-state index contributed by atoms with van der Waals surface area (Å²) in [7, 11) is -3.65. The molecule has 4 N–H and O–H groups in total. The molecule has 1 heterocycles. The lowest BCUT2D eigenvalue weighted by Crippen LogP contribution is -2.16. The van der Waals surface area contributed by atoms with E-state index in [1.54, 1.807) is 18.3 Å². The Hall–Kier alpha value is -2.26. The van der Waals surface area contributed by atoms with Gasteiger partial charge >= 0.3 is 0 Å². The van der Waals surface area contributed by atoms with Gasteiger partial charge in [0.25, 0.3) is 0 Å². The number of rotatable bonds is 8. The summed E-state index contributed by atoms with van der Waals surface area (Å²) in [6.45, 7) is 4.76. The number of nitrogens with one attached hydrogen (secondary N) is 2. The van der Waals surface area contributed by atoms with Gasteiger partial charge in [-0.05, 0) is 37.5 Å². The molecule has 1 atom stereocenters. The van der Waals surface area contributed by atoms with Crippen LogP contribution in [0.3, 0.4) is 0 Å². The van der Waals surface area contributed by atoms with Gasteiger partial charge in [-0.3, -0.25) is 0 Å². The molecule has 0 spiro atoms. The minimum atomic E-state index is -3.65. The first-order valence-electron chi connectivity index (χ1n) is 7.70. The Balaban J connectivity index is 1.89. The van der Waals surface area contributed by atoms with E-state index in [0.717, 1.165) is 12.0 Å². The number of hydrogen-bond donors (Lipinski definition) is 3. The highest BCUT2D eigenvalue weighted by molar-refractivity contribution is 7.89. The first kappa shape index (κ1) is 18.1. The zero-order valence-corrected chi connectivity index (χ0v) is 14.5. The SMILES string of the molecule is CCC(C)Nc1cnnc(NCCc2ccc(S(N)(=O)=O)cc2)n1. The molecule has 0 aliphatic carbocycles. The van der Waals surface area contributed by atoms with E-state index in [9.17, 15) is 8.42 Å². The molecule has 1 unspecified atom stereocenters. The second kappa shape index (κ2) is 8.02. The topological polar surface area (TPSA) is 123 Å². The number of hydrogen-bond acceptors (Lipinski definition) is 7. The second-order valence-electron chi connectivity index (χ2n) is 5.48. The van der Waals surface area contributed by atoms with Crippen LogP contribution in [-0.4, -0.2) is 36.2 Å². The van der Waals surface area contributed by atoms with Gasteiger partial charge in [-0.15, -0.1) is 5.10 Å². The summed E-state index contributed by atoms with van der Waals surface area (Å²) in [5.74, 6) is 1.13. The lowest BCUT2D eigenvalue weighted by molar-refractivity contribution is 0.598. The van der Waals surface area contributed by atoms with Crippen LogP contribution in [0.4, 0.5) is 11.8 Å². The van der Waals surface area contributed by atoms with Crippen LogP contribution < -0.4 is 15.8 Å². The third-order valence-corrected chi connectivity index (χ3v) is 4.44. The van der Waals surface area contributed by atoms with E-state index >= 15 is 0 Å². The van der Waals surface area contributed by atoms with Crippen molar-refractivity contribution in [3.8, 4) is 0 Å². The zero-order valence-electron chi connectivity index (χ0n) is 13.7. The van der Waals surface area contributed by atoms with Crippen molar-refractivity contribution >= 4 is 21.8 Å². The molecule has 130 valence electrons. The Bertz CT molecular complexity index is 764. The number of nitrogens with zero attached hydrogens (tertiary/aromatic N) is 3. The van der Waals surface area contributed by atoms with Gasteiger partial charge in [0.1, 0.15) is 0 Å². The van der Waals surface area contributed by atoms with Crippen molar-refractivity contribution in [2.24, 2.45) is 5.14 Å². The van der Waals surface area contributed by atoms with Crippen LogP contribution in [0.15, 0.2) is 35.4 Å². The summed E-state index contributed by atoms with van der Waals surface area (Å²) in [5, 5.41) is 19.3. The lowest BCUT2D eigenvalue weighted by Gasteiger charge is -2.12. The minimum Gasteiger partial charge on any atom is -0.366 e. The van der Waals surface area contributed by atoms with Gasteiger partial charge in [0.2, 0.25) is 16.0 Å². The van der Waals surface area contributed by atoms with E-state index in [2.05, 4.69) is 39.7 Å². The van der Waals surface area contributed by atoms with E-state index in [1.165, 1.54) is 12.1 Å². The number of nitrogens with two attached hydrogens (primary N) is 1. The molecule has 0 saturated carbocycles. The van der Waals surface area contributed by atoms with E-state index in [4.69, 9.17) is 5.14 Å². The van der Waals surface area contributed by atoms with Gasteiger partial charge in [0.05, 0.1) is 11.1 Å². The molecule has 1 aromatic carbocycles. The predicted octanol–water partition coefficient (Wildman–Crippen LogP) is 1.38. The van der Waals surface area contributed by atoms with Crippen molar-refractivity contribution in [1.29, 1.82) is 0 Å². The molecule has 0 aliphatic rings. The molecule has 2 rings (SSSR count).